The second-order valence-electron chi connectivity index (χ2n) is 2.72. The first kappa shape index (κ1) is 10.5. The first-order valence-electron chi connectivity index (χ1n) is 4.43. The zero-order chi connectivity index (χ0) is 10.2. The van der Waals surface area contributed by atoms with Crippen LogP contribution in [0.25, 0.3) is 6.08 Å². The number of rotatable bonds is 5. The summed E-state index contributed by atoms with van der Waals surface area (Å²) in [4.78, 5) is 11.1. The number of hydrogen-bond donors (Lipinski definition) is 2. The molecule has 0 aliphatic heterocycles. The summed E-state index contributed by atoms with van der Waals surface area (Å²) in [5.41, 5.74) is 0. The lowest BCUT2D eigenvalue weighted by Gasteiger charge is -1.97. The summed E-state index contributed by atoms with van der Waals surface area (Å²) in [5, 5.41) is 11.1. The molecule has 2 N–H and O–H groups in total. The third-order valence-electron chi connectivity index (χ3n) is 1.58. The van der Waals surface area contributed by atoms with Crippen molar-refractivity contribution in [2.75, 3.05) is 13.2 Å². The predicted octanol–water partition coefficient (Wildman–Crippen LogP) is 0.791. The molecule has 0 spiro atoms. The van der Waals surface area contributed by atoms with Crippen LogP contribution in [0.3, 0.4) is 0 Å². The third-order valence-corrected chi connectivity index (χ3v) is 1.58. The van der Waals surface area contributed by atoms with Crippen LogP contribution in [-0.2, 0) is 4.79 Å². The van der Waals surface area contributed by atoms with E-state index in [0.717, 1.165) is 0 Å². The van der Waals surface area contributed by atoms with Gasteiger partial charge in [-0.15, -0.1) is 0 Å². The van der Waals surface area contributed by atoms with Gasteiger partial charge in [-0.3, -0.25) is 4.79 Å². The third kappa shape index (κ3) is 3.91. The van der Waals surface area contributed by atoms with Crippen LogP contribution in [0.2, 0.25) is 0 Å². The lowest BCUT2D eigenvalue weighted by molar-refractivity contribution is -0.116. The van der Waals surface area contributed by atoms with Crippen molar-refractivity contribution in [1.82, 2.24) is 5.32 Å². The lowest BCUT2D eigenvalue weighted by atomic mass is 10.3. The molecular weight excluding hydrogens is 182 g/mol. The monoisotopic (exact) mass is 195 g/mol. The van der Waals surface area contributed by atoms with Gasteiger partial charge in [0.25, 0.3) is 0 Å². The molecule has 0 saturated heterocycles. The van der Waals surface area contributed by atoms with Crippen LogP contribution in [0.5, 0.6) is 0 Å². The number of aliphatic hydroxyl groups is 1. The summed E-state index contributed by atoms with van der Waals surface area (Å²) < 4.78 is 5.00. The van der Waals surface area contributed by atoms with Gasteiger partial charge in [-0.1, -0.05) is 0 Å². The molecule has 76 valence electrons. The minimum atomic E-state index is -0.185. The first-order valence-corrected chi connectivity index (χ1v) is 4.43. The Hall–Kier alpha value is -1.55. The molecule has 0 saturated carbocycles. The zero-order valence-corrected chi connectivity index (χ0v) is 7.77. The molecule has 1 aromatic heterocycles. The van der Waals surface area contributed by atoms with E-state index in [0.29, 0.717) is 18.7 Å². The minimum absolute atomic E-state index is 0.0855. The van der Waals surface area contributed by atoms with Crippen LogP contribution in [0.1, 0.15) is 12.2 Å². The van der Waals surface area contributed by atoms with E-state index in [4.69, 9.17) is 9.52 Å². The van der Waals surface area contributed by atoms with Gasteiger partial charge in [0.15, 0.2) is 0 Å². The van der Waals surface area contributed by atoms with Crippen molar-refractivity contribution in [3.05, 3.63) is 30.2 Å². The number of nitrogens with one attached hydrogen (secondary N) is 1. The van der Waals surface area contributed by atoms with Crippen molar-refractivity contribution in [3.8, 4) is 0 Å². The van der Waals surface area contributed by atoms with Crippen molar-refractivity contribution >= 4 is 12.0 Å². The Bertz CT molecular complexity index is 290. The van der Waals surface area contributed by atoms with E-state index >= 15 is 0 Å². The van der Waals surface area contributed by atoms with Crippen molar-refractivity contribution in [2.45, 2.75) is 6.42 Å². The molecule has 1 aromatic rings. The van der Waals surface area contributed by atoms with Crippen LogP contribution in [0, 0.1) is 0 Å². The van der Waals surface area contributed by atoms with Crippen molar-refractivity contribution in [2.24, 2.45) is 0 Å². The SMILES string of the molecule is O=C(/C=C/c1ccco1)NCCCO. The number of aliphatic hydroxyl groups excluding tert-OH is 1. The molecule has 14 heavy (non-hydrogen) atoms. The highest BCUT2D eigenvalue weighted by molar-refractivity contribution is 5.91. The Morgan fingerprint density at radius 2 is 2.50 bits per heavy atom. The molecule has 0 unspecified atom stereocenters. The molecule has 4 nitrogen and oxygen atoms in total. The highest BCUT2D eigenvalue weighted by Gasteiger charge is 1.94. The smallest absolute Gasteiger partial charge is 0.244 e. The van der Waals surface area contributed by atoms with Gasteiger partial charge in [0.2, 0.25) is 5.91 Å². The van der Waals surface area contributed by atoms with Crippen molar-refractivity contribution in [1.29, 1.82) is 0 Å². The maximum Gasteiger partial charge on any atom is 0.244 e. The lowest BCUT2D eigenvalue weighted by Crippen LogP contribution is -2.22. The summed E-state index contributed by atoms with van der Waals surface area (Å²) in [5.74, 6) is 0.456. The maximum absolute atomic E-state index is 11.1. The second-order valence-corrected chi connectivity index (χ2v) is 2.72. The molecule has 0 fully saturated rings. The van der Waals surface area contributed by atoms with Crippen LogP contribution in [0.4, 0.5) is 0 Å². The van der Waals surface area contributed by atoms with E-state index in [1.165, 1.54) is 6.08 Å². The van der Waals surface area contributed by atoms with Gasteiger partial charge in [0.05, 0.1) is 6.26 Å². The van der Waals surface area contributed by atoms with Crippen LogP contribution >= 0.6 is 0 Å². The molecule has 1 heterocycles. The number of carbonyl (C=O) groups excluding carboxylic acids is 1. The number of hydrogen-bond acceptors (Lipinski definition) is 3. The molecule has 0 aromatic carbocycles. The summed E-state index contributed by atoms with van der Waals surface area (Å²) in [6.45, 7) is 0.569. The summed E-state index contributed by atoms with van der Waals surface area (Å²) in [6.07, 6.45) is 5.11. The molecule has 4 heteroatoms. The van der Waals surface area contributed by atoms with Gasteiger partial charge in [0, 0.05) is 19.2 Å². The molecule has 1 amide bonds. The highest BCUT2D eigenvalue weighted by Crippen LogP contribution is 2.01. The Morgan fingerprint density at radius 1 is 1.64 bits per heavy atom. The fourth-order valence-corrected chi connectivity index (χ4v) is 0.893. The van der Waals surface area contributed by atoms with Gasteiger partial charge in [-0.25, -0.2) is 0 Å². The quantitative estimate of drug-likeness (QED) is 0.539. The first-order chi connectivity index (χ1) is 6.83. The maximum atomic E-state index is 11.1. The Kier molecular flexibility index (Phi) is 4.50. The van der Waals surface area contributed by atoms with Crippen LogP contribution in [0.15, 0.2) is 28.9 Å². The average molecular weight is 195 g/mol. The van der Waals surface area contributed by atoms with Gasteiger partial charge in [-0.05, 0) is 24.6 Å². The number of furan rings is 1. The molecule has 0 radical (unpaired) electrons. The van der Waals surface area contributed by atoms with Gasteiger partial charge in [0.1, 0.15) is 5.76 Å². The van der Waals surface area contributed by atoms with Crippen molar-refractivity contribution in [3.63, 3.8) is 0 Å². The average Bonchev–Trinajstić information content (AvgIpc) is 2.68. The minimum Gasteiger partial charge on any atom is -0.465 e. The van der Waals surface area contributed by atoms with E-state index in [1.807, 2.05) is 0 Å². The summed E-state index contributed by atoms with van der Waals surface area (Å²) in [6, 6.07) is 3.51. The van der Waals surface area contributed by atoms with E-state index in [9.17, 15) is 4.79 Å². The number of carbonyl (C=O) groups is 1. The molecular formula is C10H13NO3. The summed E-state index contributed by atoms with van der Waals surface area (Å²) in [7, 11) is 0. The predicted molar refractivity (Wildman–Crippen MR) is 52.5 cm³/mol. The zero-order valence-electron chi connectivity index (χ0n) is 7.77. The van der Waals surface area contributed by atoms with Gasteiger partial charge in [-0.2, -0.15) is 0 Å². The largest absolute Gasteiger partial charge is 0.465 e. The molecule has 0 atom stereocenters. The fourth-order valence-electron chi connectivity index (χ4n) is 0.893. The number of amides is 1. The highest BCUT2D eigenvalue weighted by atomic mass is 16.3. The summed E-state index contributed by atoms with van der Waals surface area (Å²) >= 11 is 0. The van der Waals surface area contributed by atoms with Crippen molar-refractivity contribution < 1.29 is 14.3 Å². The van der Waals surface area contributed by atoms with Gasteiger partial charge >= 0.3 is 0 Å². The Morgan fingerprint density at radius 3 is 3.14 bits per heavy atom. The molecule has 0 aliphatic carbocycles. The molecule has 0 bridgehead atoms. The van der Waals surface area contributed by atoms with E-state index < -0.39 is 0 Å². The van der Waals surface area contributed by atoms with Crippen LogP contribution in [-0.4, -0.2) is 24.2 Å². The van der Waals surface area contributed by atoms with E-state index in [2.05, 4.69) is 5.32 Å². The standard InChI is InChI=1S/C10H13NO3/c12-7-2-6-11-10(13)5-4-9-3-1-8-14-9/h1,3-5,8,12H,2,6-7H2,(H,11,13)/b5-4+. The normalized spacial score (nSPS) is 10.6. The van der Waals surface area contributed by atoms with Crippen LogP contribution < -0.4 is 5.32 Å². The molecule has 1 rings (SSSR count). The Labute approximate surface area is 82.2 Å². The second kappa shape index (κ2) is 5.99. The fraction of sp³-hybridized carbons (Fsp3) is 0.300. The van der Waals surface area contributed by atoms with E-state index in [1.54, 1.807) is 24.5 Å². The Balaban J connectivity index is 2.26. The van der Waals surface area contributed by atoms with E-state index in [-0.39, 0.29) is 12.5 Å². The van der Waals surface area contributed by atoms with Gasteiger partial charge < -0.3 is 14.8 Å². The topological polar surface area (TPSA) is 62.5 Å². The molecule has 0 aliphatic rings.